The minimum absolute atomic E-state index is 0.172. The number of hydrogen-bond acceptors (Lipinski definition) is 2. The Kier molecular flexibility index (Phi) is 5.29. The number of nitrogens with one attached hydrogen (secondary N) is 2. The SMILES string of the molecule is CC(C)NCCNCc1cccc(F)c1. The highest BCUT2D eigenvalue weighted by Crippen LogP contribution is 2.02. The van der Waals surface area contributed by atoms with Crippen LogP contribution in [0.2, 0.25) is 0 Å². The molecule has 1 aromatic carbocycles. The van der Waals surface area contributed by atoms with Gasteiger partial charge in [0.05, 0.1) is 0 Å². The van der Waals surface area contributed by atoms with Crippen molar-refractivity contribution in [1.29, 1.82) is 0 Å². The van der Waals surface area contributed by atoms with Gasteiger partial charge in [-0.3, -0.25) is 0 Å². The van der Waals surface area contributed by atoms with Crippen molar-refractivity contribution in [1.82, 2.24) is 10.6 Å². The summed E-state index contributed by atoms with van der Waals surface area (Å²) in [6.45, 7) is 6.79. The second kappa shape index (κ2) is 6.53. The third kappa shape index (κ3) is 5.50. The van der Waals surface area contributed by atoms with Gasteiger partial charge < -0.3 is 10.6 Å². The number of benzene rings is 1. The van der Waals surface area contributed by atoms with E-state index in [2.05, 4.69) is 24.5 Å². The Morgan fingerprint density at radius 3 is 2.73 bits per heavy atom. The first-order chi connectivity index (χ1) is 7.18. The van der Waals surface area contributed by atoms with Crippen LogP contribution in [0.3, 0.4) is 0 Å². The zero-order valence-corrected chi connectivity index (χ0v) is 9.39. The zero-order chi connectivity index (χ0) is 11.1. The Morgan fingerprint density at radius 2 is 2.07 bits per heavy atom. The lowest BCUT2D eigenvalue weighted by molar-refractivity contribution is 0.554. The predicted octanol–water partition coefficient (Wildman–Crippen LogP) is 1.91. The van der Waals surface area contributed by atoms with Gasteiger partial charge in [0.1, 0.15) is 5.82 Å². The molecule has 0 amide bonds. The smallest absolute Gasteiger partial charge is 0.123 e. The van der Waals surface area contributed by atoms with E-state index in [0.717, 1.165) is 25.2 Å². The number of rotatable bonds is 6. The minimum atomic E-state index is -0.172. The van der Waals surface area contributed by atoms with Crippen molar-refractivity contribution >= 4 is 0 Å². The first-order valence-corrected chi connectivity index (χ1v) is 5.37. The second-order valence-electron chi connectivity index (χ2n) is 3.92. The second-order valence-corrected chi connectivity index (χ2v) is 3.92. The average Bonchev–Trinajstić information content (AvgIpc) is 2.17. The normalized spacial score (nSPS) is 10.9. The lowest BCUT2D eigenvalue weighted by atomic mass is 10.2. The molecular formula is C12H19FN2. The first-order valence-electron chi connectivity index (χ1n) is 5.37. The van der Waals surface area contributed by atoms with Gasteiger partial charge in [-0.1, -0.05) is 26.0 Å². The maximum absolute atomic E-state index is 12.8. The summed E-state index contributed by atoms with van der Waals surface area (Å²) in [6.07, 6.45) is 0. The van der Waals surface area contributed by atoms with E-state index in [9.17, 15) is 4.39 Å². The molecule has 0 saturated heterocycles. The van der Waals surface area contributed by atoms with Crippen molar-refractivity contribution < 1.29 is 4.39 Å². The summed E-state index contributed by atoms with van der Waals surface area (Å²) in [7, 11) is 0. The van der Waals surface area contributed by atoms with E-state index in [1.54, 1.807) is 12.1 Å². The van der Waals surface area contributed by atoms with Crippen LogP contribution < -0.4 is 10.6 Å². The summed E-state index contributed by atoms with van der Waals surface area (Å²) in [4.78, 5) is 0. The van der Waals surface area contributed by atoms with Gasteiger partial charge in [0, 0.05) is 25.7 Å². The van der Waals surface area contributed by atoms with Crippen molar-refractivity contribution in [3.8, 4) is 0 Å². The minimum Gasteiger partial charge on any atom is -0.313 e. The third-order valence-corrected chi connectivity index (χ3v) is 2.07. The summed E-state index contributed by atoms with van der Waals surface area (Å²) >= 11 is 0. The molecule has 3 heteroatoms. The molecule has 0 saturated carbocycles. The van der Waals surface area contributed by atoms with Crippen LogP contribution in [0.5, 0.6) is 0 Å². The highest BCUT2D eigenvalue weighted by molar-refractivity contribution is 5.15. The molecule has 0 aliphatic carbocycles. The van der Waals surface area contributed by atoms with Crippen LogP contribution in [0.4, 0.5) is 4.39 Å². The molecule has 0 heterocycles. The summed E-state index contributed by atoms with van der Waals surface area (Å²) in [5.41, 5.74) is 0.986. The molecule has 0 unspecified atom stereocenters. The maximum Gasteiger partial charge on any atom is 0.123 e. The fourth-order valence-corrected chi connectivity index (χ4v) is 1.33. The topological polar surface area (TPSA) is 24.1 Å². The fraction of sp³-hybridized carbons (Fsp3) is 0.500. The van der Waals surface area contributed by atoms with Crippen LogP contribution in [-0.2, 0) is 6.54 Å². The highest BCUT2D eigenvalue weighted by atomic mass is 19.1. The van der Waals surface area contributed by atoms with Gasteiger partial charge in [0.15, 0.2) is 0 Å². The lowest BCUT2D eigenvalue weighted by Crippen LogP contribution is -2.31. The summed E-state index contributed by atoms with van der Waals surface area (Å²) in [6, 6.07) is 7.19. The monoisotopic (exact) mass is 210 g/mol. The first kappa shape index (κ1) is 12.1. The Morgan fingerprint density at radius 1 is 1.27 bits per heavy atom. The molecule has 0 aliphatic heterocycles. The Hall–Kier alpha value is -0.930. The molecule has 0 radical (unpaired) electrons. The largest absolute Gasteiger partial charge is 0.313 e. The van der Waals surface area contributed by atoms with Crippen molar-refractivity contribution in [2.24, 2.45) is 0 Å². The van der Waals surface area contributed by atoms with Crippen LogP contribution >= 0.6 is 0 Å². The van der Waals surface area contributed by atoms with E-state index in [-0.39, 0.29) is 5.82 Å². The standard InChI is InChI=1S/C12H19FN2/c1-10(2)15-7-6-14-9-11-4-3-5-12(13)8-11/h3-5,8,10,14-15H,6-7,9H2,1-2H3. The van der Waals surface area contributed by atoms with Gasteiger partial charge in [0.25, 0.3) is 0 Å². The van der Waals surface area contributed by atoms with Crippen LogP contribution in [0.15, 0.2) is 24.3 Å². The maximum atomic E-state index is 12.8. The van der Waals surface area contributed by atoms with Crippen molar-refractivity contribution in [3.63, 3.8) is 0 Å². The van der Waals surface area contributed by atoms with E-state index in [1.165, 1.54) is 6.07 Å². The molecule has 15 heavy (non-hydrogen) atoms. The quantitative estimate of drug-likeness (QED) is 0.701. The van der Waals surface area contributed by atoms with Gasteiger partial charge in [-0.2, -0.15) is 0 Å². The van der Waals surface area contributed by atoms with E-state index in [4.69, 9.17) is 0 Å². The fourth-order valence-electron chi connectivity index (χ4n) is 1.33. The molecule has 1 rings (SSSR count). The van der Waals surface area contributed by atoms with E-state index < -0.39 is 0 Å². The molecule has 0 atom stereocenters. The van der Waals surface area contributed by atoms with Gasteiger partial charge in [-0.05, 0) is 17.7 Å². The van der Waals surface area contributed by atoms with E-state index in [0.29, 0.717) is 6.04 Å². The van der Waals surface area contributed by atoms with Gasteiger partial charge >= 0.3 is 0 Å². The summed E-state index contributed by atoms with van der Waals surface area (Å²) in [5, 5.41) is 6.56. The summed E-state index contributed by atoms with van der Waals surface area (Å²) < 4.78 is 12.8. The molecule has 1 aromatic rings. The molecular weight excluding hydrogens is 191 g/mol. The van der Waals surface area contributed by atoms with Crippen molar-refractivity contribution in [2.45, 2.75) is 26.4 Å². The highest BCUT2D eigenvalue weighted by Gasteiger charge is 1.95. The van der Waals surface area contributed by atoms with Gasteiger partial charge in [-0.15, -0.1) is 0 Å². The van der Waals surface area contributed by atoms with Gasteiger partial charge in [-0.25, -0.2) is 4.39 Å². The predicted molar refractivity (Wildman–Crippen MR) is 61.2 cm³/mol. The van der Waals surface area contributed by atoms with E-state index >= 15 is 0 Å². The Bertz CT molecular complexity index is 287. The third-order valence-electron chi connectivity index (χ3n) is 2.07. The van der Waals surface area contributed by atoms with Gasteiger partial charge in [0.2, 0.25) is 0 Å². The van der Waals surface area contributed by atoms with E-state index in [1.807, 2.05) is 6.07 Å². The molecule has 0 fully saturated rings. The summed E-state index contributed by atoms with van der Waals surface area (Å²) in [5.74, 6) is -0.172. The number of halogens is 1. The molecule has 84 valence electrons. The van der Waals surface area contributed by atoms with Crippen LogP contribution in [0.25, 0.3) is 0 Å². The molecule has 0 aliphatic rings. The van der Waals surface area contributed by atoms with Crippen molar-refractivity contribution in [3.05, 3.63) is 35.6 Å². The van der Waals surface area contributed by atoms with Crippen LogP contribution in [-0.4, -0.2) is 19.1 Å². The molecule has 0 bridgehead atoms. The van der Waals surface area contributed by atoms with Crippen molar-refractivity contribution in [2.75, 3.05) is 13.1 Å². The molecule has 2 N–H and O–H groups in total. The molecule has 0 aromatic heterocycles. The van der Waals surface area contributed by atoms with Crippen LogP contribution in [0, 0.1) is 5.82 Å². The van der Waals surface area contributed by atoms with Crippen LogP contribution in [0.1, 0.15) is 19.4 Å². The Balaban J connectivity index is 2.15. The average molecular weight is 210 g/mol. The Labute approximate surface area is 90.9 Å². The molecule has 2 nitrogen and oxygen atoms in total. The number of hydrogen-bond donors (Lipinski definition) is 2. The zero-order valence-electron chi connectivity index (χ0n) is 9.39. The molecule has 0 spiro atoms. The lowest BCUT2D eigenvalue weighted by Gasteiger charge is -2.08.